The van der Waals surface area contributed by atoms with E-state index in [1.165, 1.54) is 0 Å². The van der Waals surface area contributed by atoms with Gasteiger partial charge in [0.2, 0.25) is 0 Å². The van der Waals surface area contributed by atoms with Crippen molar-refractivity contribution in [1.29, 1.82) is 0 Å². The van der Waals surface area contributed by atoms with Crippen molar-refractivity contribution in [2.75, 3.05) is 12.3 Å². The number of nitrogens with one attached hydrogen (secondary N) is 1. The summed E-state index contributed by atoms with van der Waals surface area (Å²) in [7, 11) is 0. The van der Waals surface area contributed by atoms with Crippen LogP contribution in [0.5, 0.6) is 0 Å². The van der Waals surface area contributed by atoms with Crippen molar-refractivity contribution < 1.29 is 23.1 Å². The number of aliphatic hydroxyl groups is 1. The third-order valence-corrected chi connectivity index (χ3v) is 4.67. The van der Waals surface area contributed by atoms with Crippen LogP contribution in [0.15, 0.2) is 48.8 Å². The lowest BCUT2D eigenvalue weighted by atomic mass is 9.90. The molecule has 1 aromatic carbocycles. The molecule has 0 saturated heterocycles. The smallest absolute Gasteiger partial charge is 0.397 e. The Morgan fingerprint density at radius 1 is 1.19 bits per heavy atom. The zero-order chi connectivity index (χ0) is 22.6. The van der Waals surface area contributed by atoms with Crippen LogP contribution in [-0.2, 0) is 11.7 Å². The van der Waals surface area contributed by atoms with Crippen molar-refractivity contribution in [3.8, 4) is 11.8 Å². The van der Waals surface area contributed by atoms with Crippen molar-refractivity contribution in [2.45, 2.75) is 25.1 Å². The van der Waals surface area contributed by atoms with Crippen LogP contribution in [0.1, 0.15) is 35.0 Å². The highest BCUT2D eigenvalue weighted by atomic mass is 19.4. The molecule has 0 saturated carbocycles. The van der Waals surface area contributed by atoms with Crippen LogP contribution in [0.25, 0.3) is 10.9 Å². The van der Waals surface area contributed by atoms with E-state index in [0.717, 1.165) is 11.5 Å². The van der Waals surface area contributed by atoms with Gasteiger partial charge in [-0.1, -0.05) is 17.9 Å². The van der Waals surface area contributed by atoms with Gasteiger partial charge in [0.25, 0.3) is 5.91 Å². The van der Waals surface area contributed by atoms with E-state index in [1.54, 1.807) is 43.5 Å². The van der Waals surface area contributed by atoms with Crippen molar-refractivity contribution in [2.24, 2.45) is 0 Å². The van der Waals surface area contributed by atoms with E-state index in [1.807, 2.05) is 0 Å². The van der Waals surface area contributed by atoms with E-state index < -0.39 is 29.8 Å². The first-order valence-corrected chi connectivity index (χ1v) is 9.21. The summed E-state index contributed by atoms with van der Waals surface area (Å²) in [6.45, 7) is 1.16. The van der Waals surface area contributed by atoms with E-state index in [-0.39, 0.29) is 17.8 Å². The summed E-state index contributed by atoms with van der Waals surface area (Å²) in [6, 6.07) is 9.26. The molecule has 9 heteroatoms. The summed E-state index contributed by atoms with van der Waals surface area (Å²) in [5.74, 6) is 4.67. The zero-order valence-corrected chi connectivity index (χ0v) is 16.5. The number of aromatic nitrogens is 2. The Morgan fingerprint density at radius 2 is 1.97 bits per heavy atom. The summed E-state index contributed by atoms with van der Waals surface area (Å²) in [5.41, 5.74) is 4.43. The predicted molar refractivity (Wildman–Crippen MR) is 110 cm³/mol. The molecule has 1 unspecified atom stereocenters. The fraction of sp³-hybridized carbons (Fsp3) is 0.227. The van der Waals surface area contributed by atoms with Crippen LogP contribution in [0.3, 0.4) is 0 Å². The Hall–Kier alpha value is -3.64. The molecule has 0 radical (unpaired) electrons. The maximum Gasteiger partial charge on any atom is 0.417 e. The molecule has 0 aliphatic carbocycles. The highest BCUT2D eigenvalue weighted by Crippen LogP contribution is 2.34. The number of hydrogen-bond donors (Lipinski definition) is 3. The Balaban J connectivity index is 1.98. The van der Waals surface area contributed by atoms with Gasteiger partial charge in [-0.25, -0.2) is 0 Å². The molecule has 160 valence electrons. The second-order valence-corrected chi connectivity index (χ2v) is 7.05. The van der Waals surface area contributed by atoms with Crippen molar-refractivity contribution >= 4 is 22.5 Å². The predicted octanol–water partition coefficient (Wildman–Crippen LogP) is 3.26. The molecule has 1 atom stereocenters. The molecule has 0 bridgehead atoms. The highest BCUT2D eigenvalue weighted by Gasteiger charge is 2.36. The van der Waals surface area contributed by atoms with E-state index >= 15 is 0 Å². The molecular formula is C22H19F3N4O2. The summed E-state index contributed by atoms with van der Waals surface area (Å²) >= 11 is 0. The number of alkyl halides is 3. The van der Waals surface area contributed by atoms with E-state index in [0.29, 0.717) is 17.3 Å². The minimum absolute atomic E-state index is 0.0308. The second-order valence-electron chi connectivity index (χ2n) is 7.05. The number of carbonyl (C=O) groups excluding carboxylic acids is 1. The lowest BCUT2D eigenvalue weighted by Gasteiger charge is -2.30. The topological polar surface area (TPSA) is 101 Å². The van der Waals surface area contributed by atoms with Crippen LogP contribution >= 0.6 is 0 Å². The first kappa shape index (κ1) is 22.1. The lowest BCUT2D eigenvalue weighted by molar-refractivity contribution is -0.137. The van der Waals surface area contributed by atoms with Gasteiger partial charge in [0.15, 0.2) is 0 Å². The summed E-state index contributed by atoms with van der Waals surface area (Å²) in [5, 5.41) is 12.5. The zero-order valence-electron chi connectivity index (χ0n) is 16.5. The van der Waals surface area contributed by atoms with E-state index in [2.05, 4.69) is 27.1 Å². The first-order chi connectivity index (χ1) is 14.6. The monoisotopic (exact) mass is 428 g/mol. The standard InChI is InChI=1S/C22H19F3N4O2/c1-21(8-2-3-10-30,19-17(26)12-16(13-28-19)22(23,24)25)29-20(31)15-6-7-18-14(11-15)5-4-9-27-18/h4-7,9,11-13,30H,8,10,26H2,1H3,(H,29,31). The van der Waals surface area contributed by atoms with Crippen LogP contribution < -0.4 is 11.1 Å². The van der Waals surface area contributed by atoms with Crippen LogP contribution in [-0.4, -0.2) is 27.6 Å². The van der Waals surface area contributed by atoms with Gasteiger partial charge in [0.1, 0.15) is 6.61 Å². The molecule has 0 fully saturated rings. The highest BCUT2D eigenvalue weighted by molar-refractivity contribution is 5.98. The molecule has 0 aliphatic heterocycles. The number of hydrogen-bond acceptors (Lipinski definition) is 5. The Morgan fingerprint density at radius 3 is 2.65 bits per heavy atom. The van der Waals surface area contributed by atoms with Gasteiger partial charge < -0.3 is 16.2 Å². The lowest BCUT2D eigenvalue weighted by Crippen LogP contribution is -2.44. The van der Waals surface area contributed by atoms with Gasteiger partial charge in [0.05, 0.1) is 28.0 Å². The molecule has 31 heavy (non-hydrogen) atoms. The third kappa shape index (κ3) is 4.92. The number of nitrogens with zero attached hydrogens (tertiary/aromatic N) is 2. The normalized spacial score (nSPS) is 13.2. The average molecular weight is 428 g/mol. The largest absolute Gasteiger partial charge is 0.417 e. The molecule has 1 amide bonds. The van der Waals surface area contributed by atoms with Gasteiger partial charge in [-0.3, -0.25) is 14.8 Å². The number of aliphatic hydroxyl groups excluding tert-OH is 1. The number of amides is 1. The molecule has 4 N–H and O–H groups in total. The van der Waals surface area contributed by atoms with E-state index in [9.17, 15) is 18.0 Å². The number of benzene rings is 1. The van der Waals surface area contributed by atoms with Gasteiger partial charge in [0, 0.05) is 29.8 Å². The average Bonchev–Trinajstić information content (AvgIpc) is 2.72. The van der Waals surface area contributed by atoms with Crippen molar-refractivity contribution in [3.63, 3.8) is 0 Å². The Kier molecular flexibility index (Phi) is 6.13. The molecule has 6 nitrogen and oxygen atoms in total. The fourth-order valence-corrected chi connectivity index (χ4v) is 3.12. The minimum atomic E-state index is -4.60. The molecule has 0 spiro atoms. The number of pyridine rings is 2. The second kappa shape index (κ2) is 8.62. The van der Waals surface area contributed by atoms with Crippen LogP contribution in [0.2, 0.25) is 0 Å². The number of rotatable bonds is 4. The number of nitrogens with two attached hydrogens (primary N) is 1. The number of halogens is 3. The SMILES string of the molecule is CC(CC#CCO)(NC(=O)c1ccc2ncccc2c1)c1ncc(C(F)(F)F)cc1N. The van der Waals surface area contributed by atoms with Crippen molar-refractivity contribution in [1.82, 2.24) is 15.3 Å². The molecule has 2 aromatic heterocycles. The van der Waals surface area contributed by atoms with Gasteiger partial charge in [-0.05, 0) is 37.3 Å². The molecule has 0 aliphatic rings. The van der Waals surface area contributed by atoms with Crippen LogP contribution in [0.4, 0.5) is 18.9 Å². The Labute approximate surface area is 176 Å². The molecule has 3 aromatic rings. The van der Waals surface area contributed by atoms with Gasteiger partial charge in [-0.15, -0.1) is 0 Å². The summed E-state index contributed by atoms with van der Waals surface area (Å²) < 4.78 is 38.9. The number of fused-ring (bicyclic) bond motifs is 1. The van der Waals surface area contributed by atoms with Gasteiger partial charge in [-0.2, -0.15) is 13.2 Å². The number of anilines is 1. The van der Waals surface area contributed by atoms with Crippen LogP contribution in [0, 0.1) is 11.8 Å². The number of carbonyl (C=O) groups is 1. The quantitative estimate of drug-likeness (QED) is 0.554. The minimum Gasteiger partial charge on any atom is -0.397 e. The van der Waals surface area contributed by atoms with Crippen molar-refractivity contribution in [3.05, 3.63) is 65.6 Å². The Bertz CT molecular complexity index is 1180. The molecule has 2 heterocycles. The van der Waals surface area contributed by atoms with E-state index in [4.69, 9.17) is 10.8 Å². The maximum absolute atomic E-state index is 13.0. The molecule has 3 rings (SSSR count). The summed E-state index contributed by atoms with van der Waals surface area (Å²) in [4.78, 5) is 21.1. The third-order valence-electron chi connectivity index (χ3n) is 4.67. The maximum atomic E-state index is 13.0. The number of nitrogen functional groups attached to an aromatic ring is 1. The van der Waals surface area contributed by atoms with Gasteiger partial charge >= 0.3 is 6.18 Å². The summed E-state index contributed by atoms with van der Waals surface area (Å²) in [6.07, 6.45) is -2.33. The first-order valence-electron chi connectivity index (χ1n) is 9.21. The molecular weight excluding hydrogens is 409 g/mol. The fourth-order valence-electron chi connectivity index (χ4n) is 3.12.